The molecule has 0 bridgehead atoms. The molecule has 0 aliphatic rings. The molecule has 0 atom stereocenters. The molecule has 3 aromatic rings. The Kier molecular flexibility index (Phi) is 7.81. The van der Waals surface area contributed by atoms with Crippen LogP contribution < -0.4 is 14.9 Å². The number of ether oxygens (including phenoxy) is 2. The lowest BCUT2D eigenvalue weighted by Gasteiger charge is -2.11. The first-order chi connectivity index (χ1) is 14.5. The van der Waals surface area contributed by atoms with Crippen molar-refractivity contribution in [3.8, 4) is 11.5 Å². The van der Waals surface area contributed by atoms with Crippen LogP contribution in [0.5, 0.6) is 11.5 Å². The molecule has 0 spiro atoms. The van der Waals surface area contributed by atoms with Crippen molar-refractivity contribution in [2.75, 3.05) is 18.6 Å². The summed E-state index contributed by atoms with van der Waals surface area (Å²) in [6.45, 7) is 0.768. The molecule has 9 heteroatoms. The Morgan fingerprint density at radius 2 is 1.60 bits per heavy atom. The number of nitro groups is 1. The van der Waals surface area contributed by atoms with Crippen LogP contribution in [0.2, 0.25) is 0 Å². The van der Waals surface area contributed by atoms with E-state index in [1.807, 2.05) is 42.5 Å². The summed E-state index contributed by atoms with van der Waals surface area (Å²) in [7, 11) is 0. The van der Waals surface area contributed by atoms with E-state index in [9.17, 15) is 10.1 Å². The van der Waals surface area contributed by atoms with Gasteiger partial charge in [-0.3, -0.25) is 15.5 Å². The number of anilines is 1. The Bertz CT molecular complexity index is 1030. The molecule has 0 radical (unpaired) electrons. The number of rotatable bonds is 9. The van der Waals surface area contributed by atoms with Gasteiger partial charge in [0.2, 0.25) is 0 Å². The van der Waals surface area contributed by atoms with Crippen molar-refractivity contribution in [2.24, 2.45) is 5.10 Å². The number of hydrazone groups is 1. The Labute approximate surface area is 190 Å². The summed E-state index contributed by atoms with van der Waals surface area (Å²) >= 11 is 6.83. The van der Waals surface area contributed by atoms with Gasteiger partial charge in [0, 0.05) is 26.6 Å². The predicted octanol–water partition coefficient (Wildman–Crippen LogP) is 6.02. The summed E-state index contributed by atoms with van der Waals surface area (Å²) in [5.74, 6) is 1.43. The number of halogens is 2. The molecule has 0 fully saturated rings. The lowest BCUT2D eigenvalue weighted by atomic mass is 10.2. The number of benzene rings is 3. The van der Waals surface area contributed by atoms with Gasteiger partial charge in [0.05, 0.1) is 16.8 Å². The molecule has 0 heterocycles. The van der Waals surface area contributed by atoms with Gasteiger partial charge in [0.25, 0.3) is 5.69 Å². The number of nitro benzene ring substituents is 1. The normalized spacial score (nSPS) is 10.7. The fourth-order valence-electron chi connectivity index (χ4n) is 2.43. The van der Waals surface area contributed by atoms with Gasteiger partial charge in [-0.1, -0.05) is 31.9 Å². The fourth-order valence-corrected chi connectivity index (χ4v) is 3.07. The monoisotopic (exact) mass is 533 g/mol. The molecule has 0 saturated carbocycles. The topological polar surface area (TPSA) is 86.0 Å². The third kappa shape index (κ3) is 6.57. The van der Waals surface area contributed by atoms with Crippen molar-refractivity contribution < 1.29 is 14.4 Å². The average molecular weight is 535 g/mol. The Hall–Kier alpha value is -2.91. The smallest absolute Gasteiger partial charge is 0.269 e. The minimum atomic E-state index is -0.446. The van der Waals surface area contributed by atoms with Gasteiger partial charge in [-0.25, -0.2) is 0 Å². The van der Waals surface area contributed by atoms with Crippen LogP contribution in [0.15, 0.2) is 80.8 Å². The number of nitrogens with one attached hydrogen (secondary N) is 1. The minimum absolute atomic E-state index is 0.0255. The third-order valence-corrected chi connectivity index (χ3v) is 4.89. The number of non-ortho nitro benzene ring substituents is 1. The maximum atomic E-state index is 10.7. The number of hydrogen-bond acceptors (Lipinski definition) is 6. The van der Waals surface area contributed by atoms with Crippen molar-refractivity contribution >= 4 is 49.4 Å². The maximum Gasteiger partial charge on any atom is 0.269 e. The Balaban J connectivity index is 1.56. The van der Waals surface area contributed by atoms with Gasteiger partial charge < -0.3 is 9.47 Å². The van der Waals surface area contributed by atoms with E-state index in [-0.39, 0.29) is 5.69 Å². The first-order valence-electron chi connectivity index (χ1n) is 8.85. The SMILES string of the molecule is O=[N+]([O-])c1ccc(N/N=C\c2cc(Br)ccc2OCCOc2ccc(Br)cc2)cc1. The highest BCUT2D eigenvalue weighted by Crippen LogP contribution is 2.22. The van der Waals surface area contributed by atoms with Crippen molar-refractivity contribution in [1.82, 2.24) is 0 Å². The Morgan fingerprint density at radius 3 is 2.30 bits per heavy atom. The largest absolute Gasteiger partial charge is 0.490 e. The van der Waals surface area contributed by atoms with Crippen molar-refractivity contribution in [1.29, 1.82) is 0 Å². The summed E-state index contributed by atoms with van der Waals surface area (Å²) in [6, 6.07) is 19.2. The first-order valence-corrected chi connectivity index (χ1v) is 10.4. The molecule has 1 N–H and O–H groups in total. The number of hydrogen-bond donors (Lipinski definition) is 1. The van der Waals surface area contributed by atoms with E-state index < -0.39 is 4.92 Å². The fraction of sp³-hybridized carbons (Fsp3) is 0.0952. The molecule has 3 aromatic carbocycles. The molecule has 0 aliphatic carbocycles. The maximum absolute atomic E-state index is 10.7. The van der Waals surface area contributed by atoms with Gasteiger partial charge in [-0.15, -0.1) is 0 Å². The van der Waals surface area contributed by atoms with E-state index in [0.717, 1.165) is 20.3 Å². The van der Waals surface area contributed by atoms with Crippen molar-refractivity contribution in [3.63, 3.8) is 0 Å². The zero-order valence-electron chi connectivity index (χ0n) is 15.6. The summed E-state index contributed by atoms with van der Waals surface area (Å²) in [5.41, 5.74) is 4.27. The van der Waals surface area contributed by atoms with Gasteiger partial charge in [0.15, 0.2) is 0 Å². The second-order valence-corrected chi connectivity index (χ2v) is 7.84. The molecule has 0 amide bonds. The van der Waals surface area contributed by atoms with Crippen LogP contribution in [0.1, 0.15) is 5.56 Å². The minimum Gasteiger partial charge on any atom is -0.490 e. The molecule has 0 aliphatic heterocycles. The molecular formula is C21H17Br2N3O4. The van der Waals surface area contributed by atoms with Crippen LogP contribution in [-0.4, -0.2) is 24.4 Å². The van der Waals surface area contributed by atoms with Crippen molar-refractivity contribution in [3.05, 3.63) is 91.4 Å². The van der Waals surface area contributed by atoms with Crippen LogP contribution in [0.3, 0.4) is 0 Å². The highest BCUT2D eigenvalue weighted by atomic mass is 79.9. The highest BCUT2D eigenvalue weighted by Gasteiger charge is 2.05. The van der Waals surface area contributed by atoms with Crippen LogP contribution in [0.25, 0.3) is 0 Å². The lowest BCUT2D eigenvalue weighted by molar-refractivity contribution is -0.384. The van der Waals surface area contributed by atoms with Crippen molar-refractivity contribution in [2.45, 2.75) is 0 Å². The van der Waals surface area contributed by atoms with Gasteiger partial charge >= 0.3 is 0 Å². The molecule has 154 valence electrons. The Morgan fingerprint density at radius 1 is 0.933 bits per heavy atom. The van der Waals surface area contributed by atoms with Gasteiger partial charge in [-0.05, 0) is 54.6 Å². The second-order valence-electron chi connectivity index (χ2n) is 6.01. The highest BCUT2D eigenvalue weighted by molar-refractivity contribution is 9.10. The van der Waals surface area contributed by atoms with Crippen LogP contribution in [0, 0.1) is 10.1 Å². The molecule has 0 saturated heterocycles. The van der Waals surface area contributed by atoms with E-state index >= 15 is 0 Å². The standard InChI is InChI=1S/C21H17Br2N3O4/c22-16-1-8-20(9-2-16)29-11-12-30-21-10-3-17(23)13-15(21)14-24-25-18-4-6-19(7-5-18)26(27)28/h1-10,13-14,25H,11-12H2/b24-14-. The summed E-state index contributed by atoms with van der Waals surface area (Å²) in [6.07, 6.45) is 1.62. The predicted molar refractivity (Wildman–Crippen MR) is 124 cm³/mol. The summed E-state index contributed by atoms with van der Waals surface area (Å²) in [5, 5.41) is 14.9. The number of nitrogens with zero attached hydrogens (tertiary/aromatic N) is 2. The average Bonchev–Trinajstić information content (AvgIpc) is 2.74. The van der Waals surface area contributed by atoms with E-state index in [1.165, 1.54) is 12.1 Å². The molecule has 7 nitrogen and oxygen atoms in total. The van der Waals surface area contributed by atoms with Gasteiger partial charge in [-0.2, -0.15) is 5.10 Å². The summed E-state index contributed by atoms with van der Waals surface area (Å²) in [4.78, 5) is 10.3. The second kappa shape index (κ2) is 10.7. The van der Waals surface area contributed by atoms with E-state index in [0.29, 0.717) is 24.7 Å². The quantitative estimate of drug-likeness (QED) is 0.157. The van der Waals surface area contributed by atoms with E-state index in [4.69, 9.17) is 9.47 Å². The van der Waals surface area contributed by atoms with Gasteiger partial charge in [0.1, 0.15) is 24.7 Å². The van der Waals surface area contributed by atoms with Crippen LogP contribution >= 0.6 is 31.9 Å². The zero-order chi connectivity index (χ0) is 21.3. The molecule has 30 heavy (non-hydrogen) atoms. The zero-order valence-corrected chi connectivity index (χ0v) is 18.8. The summed E-state index contributed by atoms with van der Waals surface area (Å²) < 4.78 is 13.4. The molecule has 0 aromatic heterocycles. The lowest BCUT2D eigenvalue weighted by Crippen LogP contribution is -2.10. The third-order valence-electron chi connectivity index (χ3n) is 3.87. The van der Waals surface area contributed by atoms with Crippen LogP contribution in [-0.2, 0) is 0 Å². The van der Waals surface area contributed by atoms with E-state index in [1.54, 1.807) is 18.3 Å². The van der Waals surface area contributed by atoms with E-state index in [2.05, 4.69) is 42.4 Å². The molecular weight excluding hydrogens is 518 g/mol. The molecule has 0 unspecified atom stereocenters. The molecule has 3 rings (SSSR count). The van der Waals surface area contributed by atoms with Crippen LogP contribution in [0.4, 0.5) is 11.4 Å². The first kappa shape index (κ1) is 21.8.